The largest absolute Gasteiger partial charge is 0.338 e. The van der Waals surface area contributed by atoms with Crippen LogP contribution >= 0.6 is 18.7 Å². The first-order chi connectivity index (χ1) is 16.5. The lowest BCUT2D eigenvalue weighted by Gasteiger charge is -2.19. The number of anilines is 4. The van der Waals surface area contributed by atoms with E-state index in [-0.39, 0.29) is 0 Å². The molecule has 2 aromatic carbocycles. The zero-order valence-corrected chi connectivity index (χ0v) is 22.6. The summed E-state index contributed by atoms with van der Waals surface area (Å²) in [4.78, 5) is 11.1. The Balaban J connectivity index is 1.63. The van der Waals surface area contributed by atoms with Crippen molar-refractivity contribution < 1.29 is 4.57 Å². The molecule has 184 valence electrons. The minimum absolute atomic E-state index is 0.374. The number of likely N-dealkylation sites (N-methyl/N-ethyl adjacent to an activating group) is 1. The molecule has 0 aliphatic rings. The Labute approximate surface area is 211 Å². The summed E-state index contributed by atoms with van der Waals surface area (Å²) in [6.45, 7) is 9.24. The van der Waals surface area contributed by atoms with Gasteiger partial charge in [0.2, 0.25) is 5.95 Å². The van der Waals surface area contributed by atoms with Crippen LogP contribution in [-0.2, 0) is 11.1 Å². The van der Waals surface area contributed by atoms with Gasteiger partial charge in [0, 0.05) is 22.9 Å². The van der Waals surface area contributed by atoms with E-state index in [4.69, 9.17) is 11.6 Å². The fraction of sp³-hybridized carbons (Fsp3) is 0.320. The van der Waals surface area contributed by atoms with Gasteiger partial charge in [0.15, 0.2) is 5.82 Å². The average molecular weight is 512 g/mol. The molecule has 0 atom stereocenters. The van der Waals surface area contributed by atoms with E-state index in [0.29, 0.717) is 16.8 Å². The van der Waals surface area contributed by atoms with Gasteiger partial charge in [-0.1, -0.05) is 17.7 Å². The number of rotatable bonds is 8. The van der Waals surface area contributed by atoms with Crippen molar-refractivity contribution in [3.05, 3.63) is 58.9 Å². The van der Waals surface area contributed by atoms with E-state index in [1.807, 2.05) is 69.2 Å². The molecule has 4 rings (SSSR count). The molecule has 10 heteroatoms. The predicted molar refractivity (Wildman–Crippen MR) is 147 cm³/mol. The van der Waals surface area contributed by atoms with Gasteiger partial charge < -0.3 is 20.1 Å². The number of nitrogens with one attached hydrogen (secondary N) is 2. The summed E-state index contributed by atoms with van der Waals surface area (Å²) in [5, 5.41) is 13.3. The highest BCUT2D eigenvalue weighted by Crippen LogP contribution is 2.41. The van der Waals surface area contributed by atoms with E-state index in [0.717, 1.165) is 51.8 Å². The van der Waals surface area contributed by atoms with E-state index in [2.05, 4.69) is 30.6 Å². The first-order valence-corrected chi connectivity index (χ1v) is 14.3. The lowest BCUT2D eigenvalue weighted by atomic mass is 10.1. The molecule has 0 fully saturated rings. The van der Waals surface area contributed by atoms with Gasteiger partial charge in [0.1, 0.15) is 12.2 Å². The van der Waals surface area contributed by atoms with E-state index in [9.17, 15) is 4.57 Å². The number of hydrogen-bond acceptors (Lipinski definition) is 7. The Morgan fingerprint density at radius 3 is 2.57 bits per heavy atom. The number of hydrogen-bond donors (Lipinski definition) is 2. The summed E-state index contributed by atoms with van der Waals surface area (Å²) in [5.74, 6) is 0.844. The van der Waals surface area contributed by atoms with Crippen molar-refractivity contribution in [2.24, 2.45) is 0 Å². The van der Waals surface area contributed by atoms with Crippen LogP contribution in [0.25, 0.3) is 10.9 Å². The van der Waals surface area contributed by atoms with Crippen LogP contribution < -0.4 is 15.9 Å². The summed E-state index contributed by atoms with van der Waals surface area (Å²) in [5.41, 5.74) is 4.71. The monoisotopic (exact) mass is 511 g/mol. The Hall–Kier alpha value is -2.93. The third kappa shape index (κ3) is 5.67. The van der Waals surface area contributed by atoms with Crippen molar-refractivity contribution in [3.8, 4) is 0 Å². The molecule has 8 nitrogen and oxygen atoms in total. The smallest absolute Gasteiger partial charge is 0.229 e. The summed E-state index contributed by atoms with van der Waals surface area (Å²) in [6, 6.07) is 9.95. The summed E-state index contributed by atoms with van der Waals surface area (Å²) < 4.78 is 15.1. The third-order valence-corrected chi connectivity index (χ3v) is 7.83. The van der Waals surface area contributed by atoms with Crippen molar-refractivity contribution in [2.45, 2.75) is 20.4 Å². The molecule has 35 heavy (non-hydrogen) atoms. The van der Waals surface area contributed by atoms with Crippen LogP contribution in [0.3, 0.4) is 0 Å². The van der Waals surface area contributed by atoms with Gasteiger partial charge in [-0.25, -0.2) is 4.98 Å². The molecule has 0 unspecified atom stereocenters. The van der Waals surface area contributed by atoms with Gasteiger partial charge in [0.25, 0.3) is 0 Å². The normalized spacial score (nSPS) is 11.9. The van der Waals surface area contributed by atoms with E-state index in [1.54, 1.807) is 19.5 Å². The average Bonchev–Trinajstić information content (AvgIpc) is 3.18. The van der Waals surface area contributed by atoms with Crippen molar-refractivity contribution in [1.29, 1.82) is 0 Å². The zero-order valence-electron chi connectivity index (χ0n) is 20.9. The standard InChI is InChI=1S/C25H31ClN7OP/c1-16-7-10-21(23(17(16)2)35(5,6)34)30-24-20(26)15-27-25(31-24)29-19-9-8-18-14-28-33(22(18)13-19)12-11-32(3)4/h7-10,13-15H,11-12H2,1-6H3,(H2,27,29,30,31). The SMILES string of the molecule is Cc1ccc(Nc2nc(Nc3ccc4cnn(CCN(C)C)c4c3)ncc2Cl)c(P(C)(C)=O)c1C. The maximum atomic E-state index is 13.1. The molecule has 0 saturated heterocycles. The predicted octanol–water partition coefficient (Wildman–Crippen LogP) is 5.39. The topological polar surface area (TPSA) is 88.0 Å². The fourth-order valence-electron chi connectivity index (χ4n) is 3.99. The van der Waals surface area contributed by atoms with E-state index in [1.165, 1.54) is 0 Å². The molecule has 4 aromatic rings. The number of nitrogens with zero attached hydrogens (tertiary/aromatic N) is 5. The maximum Gasteiger partial charge on any atom is 0.229 e. The van der Waals surface area contributed by atoms with Crippen LogP contribution in [0.4, 0.5) is 23.1 Å². The second kappa shape index (κ2) is 9.97. The van der Waals surface area contributed by atoms with Crippen LogP contribution in [-0.4, -0.2) is 58.6 Å². The molecule has 0 aliphatic heterocycles. The lowest BCUT2D eigenvalue weighted by Crippen LogP contribution is -2.18. The van der Waals surface area contributed by atoms with Gasteiger partial charge in [-0.2, -0.15) is 10.1 Å². The van der Waals surface area contributed by atoms with Crippen molar-refractivity contribution in [3.63, 3.8) is 0 Å². The molecule has 0 radical (unpaired) electrons. The molecule has 2 aromatic heterocycles. The molecule has 0 aliphatic carbocycles. The first-order valence-electron chi connectivity index (χ1n) is 11.4. The van der Waals surface area contributed by atoms with Crippen LogP contribution in [0.15, 0.2) is 42.7 Å². The summed E-state index contributed by atoms with van der Waals surface area (Å²) >= 11 is 6.43. The molecule has 0 amide bonds. The summed E-state index contributed by atoms with van der Waals surface area (Å²) in [6.07, 6.45) is 3.42. The molecular weight excluding hydrogens is 481 g/mol. The van der Waals surface area contributed by atoms with E-state index >= 15 is 0 Å². The van der Waals surface area contributed by atoms with Crippen LogP contribution in [0, 0.1) is 13.8 Å². The molecule has 0 saturated carbocycles. The number of aromatic nitrogens is 4. The molecular formula is C25H31ClN7OP. The Morgan fingerprint density at radius 2 is 1.86 bits per heavy atom. The maximum absolute atomic E-state index is 13.1. The van der Waals surface area contributed by atoms with Crippen LogP contribution in [0.1, 0.15) is 11.1 Å². The highest BCUT2D eigenvalue weighted by molar-refractivity contribution is 7.70. The summed E-state index contributed by atoms with van der Waals surface area (Å²) in [7, 11) is 1.54. The van der Waals surface area contributed by atoms with Gasteiger partial charge in [-0.15, -0.1) is 0 Å². The Kier molecular flexibility index (Phi) is 7.17. The molecule has 0 spiro atoms. The van der Waals surface area contributed by atoms with Gasteiger partial charge in [0.05, 0.1) is 30.1 Å². The van der Waals surface area contributed by atoms with Crippen molar-refractivity contribution >= 4 is 58.1 Å². The minimum Gasteiger partial charge on any atom is -0.338 e. The van der Waals surface area contributed by atoms with Crippen LogP contribution in [0.2, 0.25) is 5.02 Å². The second-order valence-electron chi connectivity index (χ2n) is 9.34. The third-order valence-electron chi connectivity index (χ3n) is 5.90. The second-order valence-corrected chi connectivity index (χ2v) is 12.9. The van der Waals surface area contributed by atoms with Gasteiger partial charge in [-0.05, 0) is 76.7 Å². The Bertz CT molecular complexity index is 1430. The number of halogens is 1. The van der Waals surface area contributed by atoms with Crippen molar-refractivity contribution in [2.75, 3.05) is 44.6 Å². The quantitative estimate of drug-likeness (QED) is 0.306. The fourth-order valence-corrected chi connectivity index (χ4v) is 5.82. The van der Waals surface area contributed by atoms with Gasteiger partial charge >= 0.3 is 0 Å². The highest BCUT2D eigenvalue weighted by atomic mass is 35.5. The Morgan fingerprint density at radius 1 is 1.09 bits per heavy atom. The first kappa shape index (κ1) is 25.2. The molecule has 2 N–H and O–H groups in total. The highest BCUT2D eigenvalue weighted by Gasteiger charge is 2.21. The van der Waals surface area contributed by atoms with E-state index < -0.39 is 7.14 Å². The van der Waals surface area contributed by atoms with Gasteiger partial charge in [-0.3, -0.25) is 4.68 Å². The number of benzene rings is 2. The zero-order chi connectivity index (χ0) is 25.3. The molecule has 0 bridgehead atoms. The van der Waals surface area contributed by atoms with Crippen LogP contribution in [0.5, 0.6) is 0 Å². The van der Waals surface area contributed by atoms with Crippen molar-refractivity contribution in [1.82, 2.24) is 24.6 Å². The lowest BCUT2D eigenvalue weighted by molar-refractivity contribution is 0.377. The number of fused-ring (bicyclic) bond motifs is 1. The number of aryl methyl sites for hydroxylation is 1. The molecule has 2 heterocycles. The minimum atomic E-state index is -2.55.